The van der Waals surface area contributed by atoms with Crippen molar-refractivity contribution < 1.29 is 22.7 Å². The van der Waals surface area contributed by atoms with Gasteiger partial charge < -0.3 is 9.64 Å². The number of imide groups is 1. The van der Waals surface area contributed by atoms with E-state index in [1.165, 1.54) is 21.3 Å². The number of benzene rings is 1. The molecule has 2 amide bonds. The van der Waals surface area contributed by atoms with Gasteiger partial charge in [0, 0.05) is 31.6 Å². The Morgan fingerprint density at radius 1 is 1.10 bits per heavy atom. The summed E-state index contributed by atoms with van der Waals surface area (Å²) in [7, 11) is -0.00952. The number of rotatable bonds is 5. The minimum Gasteiger partial charge on any atom is -0.379 e. The van der Waals surface area contributed by atoms with E-state index in [4.69, 9.17) is 4.74 Å². The molecule has 0 unspecified atom stereocenters. The van der Waals surface area contributed by atoms with Crippen LogP contribution in [0.25, 0.3) is 10.9 Å². The number of nitrogens with zero attached hydrogens (tertiary/aromatic N) is 4. The zero-order valence-corrected chi connectivity index (χ0v) is 18.0. The van der Waals surface area contributed by atoms with Gasteiger partial charge in [-0.25, -0.2) is 8.42 Å². The summed E-state index contributed by atoms with van der Waals surface area (Å²) in [5.74, 6) is -0.793. The van der Waals surface area contributed by atoms with Gasteiger partial charge in [0.05, 0.1) is 40.4 Å². The highest BCUT2D eigenvalue weighted by Crippen LogP contribution is 2.33. The van der Waals surface area contributed by atoms with E-state index in [1.807, 2.05) is 19.0 Å². The molecular weight excluding hydrogens is 408 g/mol. The lowest BCUT2D eigenvalue weighted by atomic mass is 10.0. The minimum absolute atomic E-state index is 0.0803. The van der Waals surface area contributed by atoms with Crippen LogP contribution in [-0.4, -0.2) is 92.8 Å². The van der Waals surface area contributed by atoms with Crippen molar-refractivity contribution >= 4 is 32.7 Å². The Morgan fingerprint density at radius 3 is 2.43 bits per heavy atom. The van der Waals surface area contributed by atoms with Crippen molar-refractivity contribution in [1.82, 2.24) is 19.1 Å². The molecule has 0 atom stereocenters. The van der Waals surface area contributed by atoms with Crippen LogP contribution in [0.15, 0.2) is 23.1 Å². The monoisotopic (exact) mass is 432 g/mol. The number of carbonyl (C=O) groups excluding carboxylic acids is 2. The first-order valence-corrected chi connectivity index (χ1v) is 11.2. The van der Waals surface area contributed by atoms with Gasteiger partial charge in [-0.05, 0) is 39.2 Å². The van der Waals surface area contributed by atoms with E-state index in [2.05, 4.69) is 4.98 Å². The topological polar surface area (TPSA) is 100 Å². The van der Waals surface area contributed by atoms with Crippen molar-refractivity contribution in [2.75, 3.05) is 53.5 Å². The van der Waals surface area contributed by atoms with Crippen LogP contribution >= 0.6 is 0 Å². The van der Waals surface area contributed by atoms with Crippen molar-refractivity contribution in [2.24, 2.45) is 0 Å². The first-order valence-electron chi connectivity index (χ1n) is 9.75. The van der Waals surface area contributed by atoms with E-state index in [0.717, 1.165) is 0 Å². The molecule has 30 heavy (non-hydrogen) atoms. The third-order valence-corrected chi connectivity index (χ3v) is 7.33. The van der Waals surface area contributed by atoms with Gasteiger partial charge >= 0.3 is 0 Å². The Hall–Kier alpha value is -2.40. The quantitative estimate of drug-likeness (QED) is 0.642. The van der Waals surface area contributed by atoms with Crippen molar-refractivity contribution in [1.29, 1.82) is 0 Å². The van der Waals surface area contributed by atoms with Crippen LogP contribution < -0.4 is 0 Å². The number of morpholine rings is 1. The molecule has 10 heteroatoms. The Bertz CT molecular complexity index is 1140. The number of carbonyl (C=O) groups is 2. The highest BCUT2D eigenvalue weighted by molar-refractivity contribution is 7.89. The van der Waals surface area contributed by atoms with Crippen LogP contribution in [0.2, 0.25) is 0 Å². The minimum atomic E-state index is -3.74. The maximum Gasteiger partial charge on any atom is 0.263 e. The first kappa shape index (κ1) is 20.9. The number of pyridine rings is 1. The molecular formula is C20H24N4O5S. The summed E-state index contributed by atoms with van der Waals surface area (Å²) in [6.07, 6.45) is 0. The van der Waals surface area contributed by atoms with Gasteiger partial charge in [-0.1, -0.05) is 0 Å². The maximum absolute atomic E-state index is 13.1. The number of hydrogen-bond donors (Lipinski definition) is 0. The van der Waals surface area contributed by atoms with Crippen LogP contribution in [0, 0.1) is 6.92 Å². The largest absolute Gasteiger partial charge is 0.379 e. The Labute approximate surface area is 175 Å². The number of sulfonamides is 1. The van der Waals surface area contributed by atoms with E-state index >= 15 is 0 Å². The van der Waals surface area contributed by atoms with Gasteiger partial charge in [0.25, 0.3) is 11.8 Å². The fourth-order valence-electron chi connectivity index (χ4n) is 3.81. The van der Waals surface area contributed by atoms with Gasteiger partial charge in [0.15, 0.2) is 0 Å². The van der Waals surface area contributed by atoms with Crippen LogP contribution in [0.1, 0.15) is 26.4 Å². The molecule has 1 aromatic heterocycles. The molecule has 2 aliphatic heterocycles. The fourth-order valence-corrected chi connectivity index (χ4v) is 5.25. The van der Waals surface area contributed by atoms with E-state index < -0.39 is 15.9 Å². The molecule has 3 heterocycles. The molecule has 4 rings (SSSR count). The number of likely N-dealkylation sites (N-methyl/N-ethyl adjacent to an activating group) is 1. The first-order chi connectivity index (χ1) is 14.2. The Balaban J connectivity index is 1.82. The molecule has 0 saturated carbocycles. The number of hydrogen-bond acceptors (Lipinski definition) is 7. The SMILES string of the molecule is Cc1nc2ccc(S(=O)(=O)N3CCOCC3)cc2c2c1C(=O)N(CCN(C)C)C2=O. The molecule has 1 fully saturated rings. The lowest BCUT2D eigenvalue weighted by molar-refractivity contribution is 0.0645. The lowest BCUT2D eigenvalue weighted by Crippen LogP contribution is -2.40. The molecule has 160 valence electrons. The second kappa shape index (κ2) is 7.69. The van der Waals surface area contributed by atoms with Crippen LogP contribution in [0.5, 0.6) is 0 Å². The van der Waals surface area contributed by atoms with Crippen LogP contribution in [0.3, 0.4) is 0 Å². The molecule has 2 aliphatic rings. The van der Waals surface area contributed by atoms with Gasteiger partial charge in [-0.15, -0.1) is 0 Å². The molecule has 0 radical (unpaired) electrons. The molecule has 1 saturated heterocycles. The Kier molecular flexibility index (Phi) is 5.35. The van der Waals surface area contributed by atoms with E-state index in [9.17, 15) is 18.0 Å². The molecule has 0 bridgehead atoms. The van der Waals surface area contributed by atoms with Gasteiger partial charge in [0.1, 0.15) is 0 Å². The standard InChI is InChI=1S/C20H24N4O5S/c1-13-17-18(20(26)24(19(17)25)7-6-22(2)3)15-12-14(4-5-16(15)21-13)30(27,28)23-8-10-29-11-9-23/h4-5,12H,6-11H2,1-3H3. The van der Waals surface area contributed by atoms with Gasteiger partial charge in [-0.2, -0.15) is 4.31 Å². The third-order valence-electron chi connectivity index (χ3n) is 5.43. The lowest BCUT2D eigenvalue weighted by Gasteiger charge is -2.26. The van der Waals surface area contributed by atoms with Crippen molar-refractivity contribution in [3.8, 4) is 0 Å². The highest BCUT2D eigenvalue weighted by atomic mass is 32.2. The summed E-state index contributed by atoms with van der Waals surface area (Å²) < 4.78 is 32.8. The van der Waals surface area contributed by atoms with E-state index in [0.29, 0.717) is 36.4 Å². The van der Waals surface area contributed by atoms with Gasteiger partial charge in [0.2, 0.25) is 10.0 Å². The highest BCUT2D eigenvalue weighted by Gasteiger charge is 2.39. The van der Waals surface area contributed by atoms with Crippen molar-refractivity contribution in [3.63, 3.8) is 0 Å². The van der Waals surface area contributed by atoms with Crippen LogP contribution in [0.4, 0.5) is 0 Å². The zero-order valence-electron chi connectivity index (χ0n) is 17.2. The van der Waals surface area contributed by atoms with E-state index in [-0.39, 0.29) is 41.6 Å². The predicted molar refractivity (Wildman–Crippen MR) is 110 cm³/mol. The Morgan fingerprint density at radius 2 is 1.77 bits per heavy atom. The molecule has 2 aromatic rings. The fraction of sp³-hybridized carbons (Fsp3) is 0.450. The average Bonchev–Trinajstić information content (AvgIpc) is 2.97. The summed E-state index contributed by atoms with van der Waals surface area (Å²) in [5.41, 5.74) is 1.45. The average molecular weight is 433 g/mol. The number of aryl methyl sites for hydroxylation is 1. The summed E-state index contributed by atoms with van der Waals surface area (Å²) in [4.78, 5) is 33.7. The maximum atomic E-state index is 13.1. The zero-order chi connectivity index (χ0) is 21.6. The van der Waals surface area contributed by atoms with Crippen molar-refractivity contribution in [3.05, 3.63) is 35.0 Å². The summed E-state index contributed by atoms with van der Waals surface area (Å²) in [6, 6.07) is 4.55. The van der Waals surface area contributed by atoms with Crippen LogP contribution in [-0.2, 0) is 14.8 Å². The third kappa shape index (κ3) is 3.39. The predicted octanol–water partition coefficient (Wildman–Crippen LogP) is 0.722. The number of aromatic nitrogens is 1. The summed E-state index contributed by atoms with van der Waals surface area (Å²) in [5, 5.41) is 0.385. The number of amides is 2. The second-order valence-corrected chi connectivity index (χ2v) is 9.65. The second-order valence-electron chi connectivity index (χ2n) is 7.71. The summed E-state index contributed by atoms with van der Waals surface area (Å²) >= 11 is 0. The molecule has 0 spiro atoms. The van der Waals surface area contributed by atoms with Gasteiger partial charge in [-0.3, -0.25) is 19.5 Å². The summed E-state index contributed by atoms with van der Waals surface area (Å²) in [6.45, 7) is 3.73. The van der Waals surface area contributed by atoms with E-state index in [1.54, 1.807) is 13.0 Å². The normalized spacial score (nSPS) is 17.9. The smallest absolute Gasteiger partial charge is 0.263 e. The molecule has 0 N–H and O–H groups in total. The number of ether oxygens (including phenoxy) is 1. The molecule has 1 aromatic carbocycles. The molecule has 0 aliphatic carbocycles. The number of fused-ring (bicyclic) bond motifs is 3. The molecule has 9 nitrogen and oxygen atoms in total. The van der Waals surface area contributed by atoms with Crippen molar-refractivity contribution in [2.45, 2.75) is 11.8 Å².